The number of methoxy groups -OCH3 is 1. The summed E-state index contributed by atoms with van der Waals surface area (Å²) < 4.78 is 53.3. The first-order valence-corrected chi connectivity index (χ1v) is 12.5. The van der Waals surface area contributed by atoms with Gasteiger partial charge >= 0.3 is 0 Å². The van der Waals surface area contributed by atoms with Crippen LogP contribution in [0.25, 0.3) is 0 Å². The van der Waals surface area contributed by atoms with Gasteiger partial charge in [-0.2, -0.15) is 0 Å². The zero-order valence-electron chi connectivity index (χ0n) is 16.2. The fourth-order valence-electron chi connectivity index (χ4n) is 3.11. The van der Waals surface area contributed by atoms with Gasteiger partial charge in [0.2, 0.25) is 5.91 Å². The van der Waals surface area contributed by atoms with Crippen molar-refractivity contribution >= 4 is 25.6 Å². The van der Waals surface area contributed by atoms with Crippen LogP contribution in [-0.4, -0.2) is 59.3 Å². The van der Waals surface area contributed by atoms with E-state index in [0.717, 1.165) is 11.8 Å². The summed E-state index contributed by atoms with van der Waals surface area (Å²) in [7, 11) is -5.22. The van der Waals surface area contributed by atoms with Gasteiger partial charge in [-0.15, -0.1) is 0 Å². The Balaban J connectivity index is 1.53. The van der Waals surface area contributed by atoms with E-state index < -0.39 is 24.9 Å². The van der Waals surface area contributed by atoms with Gasteiger partial charge in [-0.3, -0.25) is 4.79 Å². The highest BCUT2D eigenvalue weighted by atomic mass is 32.2. The van der Waals surface area contributed by atoms with Gasteiger partial charge in [-0.1, -0.05) is 12.1 Å². The van der Waals surface area contributed by atoms with E-state index in [1.54, 1.807) is 24.3 Å². The predicted molar refractivity (Wildman–Crippen MR) is 108 cm³/mol. The topological polar surface area (TPSA) is 97.8 Å². The molecule has 1 heterocycles. The molecular weight excluding hydrogens is 414 g/mol. The number of amides is 1. The Morgan fingerprint density at radius 1 is 0.966 bits per heavy atom. The molecular formula is C20H23NO6S2. The standard InChI is InChI=1S/C20H23NO6S2/c1-27-16-6-10-18(11-7-16)29(25,26)19-13-21(14-19)20(22)12-5-15-3-8-17(9-4-15)28(2,23)24/h3-4,6-11,19H,5,12-14H2,1-2H3. The van der Waals surface area contributed by atoms with Crippen molar-refractivity contribution in [3.63, 3.8) is 0 Å². The van der Waals surface area contributed by atoms with Crippen LogP contribution in [0.2, 0.25) is 0 Å². The Bertz CT molecular complexity index is 1080. The molecule has 1 saturated heterocycles. The van der Waals surface area contributed by atoms with E-state index in [0.29, 0.717) is 12.2 Å². The summed E-state index contributed by atoms with van der Waals surface area (Å²) in [6, 6.07) is 12.7. The third-order valence-corrected chi connectivity index (χ3v) is 8.24. The lowest BCUT2D eigenvalue weighted by Gasteiger charge is -2.38. The molecule has 0 aromatic heterocycles. The molecule has 9 heteroatoms. The van der Waals surface area contributed by atoms with E-state index in [9.17, 15) is 21.6 Å². The summed E-state index contributed by atoms with van der Waals surface area (Å²) >= 11 is 0. The van der Waals surface area contributed by atoms with Crippen LogP contribution in [0.3, 0.4) is 0 Å². The van der Waals surface area contributed by atoms with Crippen LogP contribution in [0, 0.1) is 0 Å². The number of rotatable bonds is 7. The SMILES string of the molecule is COc1ccc(S(=O)(=O)C2CN(C(=O)CCc3ccc(S(C)(=O)=O)cc3)C2)cc1. The van der Waals surface area contributed by atoms with Gasteiger partial charge in [-0.25, -0.2) is 16.8 Å². The predicted octanol–water partition coefficient (Wildman–Crippen LogP) is 1.72. The fourth-order valence-corrected chi connectivity index (χ4v) is 5.39. The van der Waals surface area contributed by atoms with Crippen molar-refractivity contribution in [3.8, 4) is 5.75 Å². The number of benzene rings is 2. The summed E-state index contributed by atoms with van der Waals surface area (Å²) in [4.78, 5) is 14.3. The van der Waals surface area contributed by atoms with Crippen molar-refractivity contribution in [2.45, 2.75) is 27.9 Å². The Hall–Kier alpha value is -2.39. The largest absolute Gasteiger partial charge is 0.497 e. The molecule has 2 aromatic carbocycles. The fraction of sp³-hybridized carbons (Fsp3) is 0.350. The van der Waals surface area contributed by atoms with E-state index in [1.807, 2.05) is 0 Å². The van der Waals surface area contributed by atoms with Crippen molar-refractivity contribution in [2.24, 2.45) is 0 Å². The first-order chi connectivity index (χ1) is 13.6. The second-order valence-corrected chi connectivity index (χ2v) is 11.3. The molecule has 1 aliphatic heterocycles. The van der Waals surface area contributed by atoms with Crippen molar-refractivity contribution in [1.82, 2.24) is 4.90 Å². The lowest BCUT2D eigenvalue weighted by atomic mass is 10.1. The molecule has 7 nitrogen and oxygen atoms in total. The number of hydrogen-bond acceptors (Lipinski definition) is 6. The molecule has 2 aromatic rings. The second kappa shape index (κ2) is 8.16. The number of carbonyl (C=O) groups excluding carboxylic acids is 1. The number of hydrogen-bond donors (Lipinski definition) is 0. The van der Waals surface area contributed by atoms with E-state index in [1.165, 1.54) is 36.3 Å². The maximum atomic E-state index is 12.6. The Morgan fingerprint density at radius 2 is 1.52 bits per heavy atom. The van der Waals surface area contributed by atoms with Crippen molar-refractivity contribution in [1.29, 1.82) is 0 Å². The van der Waals surface area contributed by atoms with Gasteiger partial charge < -0.3 is 9.64 Å². The van der Waals surface area contributed by atoms with Gasteiger partial charge in [0, 0.05) is 25.8 Å². The first-order valence-electron chi connectivity index (χ1n) is 9.06. The summed E-state index contributed by atoms with van der Waals surface area (Å²) in [6.07, 6.45) is 1.86. The zero-order chi connectivity index (χ0) is 21.2. The van der Waals surface area contributed by atoms with Gasteiger partial charge in [0.15, 0.2) is 19.7 Å². The molecule has 3 rings (SSSR count). The molecule has 0 bridgehead atoms. The van der Waals surface area contributed by atoms with Gasteiger partial charge in [0.25, 0.3) is 0 Å². The normalized spacial score (nSPS) is 15.0. The smallest absolute Gasteiger partial charge is 0.222 e. The molecule has 0 atom stereocenters. The molecule has 1 fully saturated rings. The third-order valence-electron chi connectivity index (χ3n) is 5.01. The van der Waals surface area contributed by atoms with Crippen LogP contribution in [-0.2, 0) is 30.9 Å². The van der Waals surface area contributed by atoms with Gasteiger partial charge in [0.05, 0.1) is 16.9 Å². The minimum absolute atomic E-state index is 0.113. The van der Waals surface area contributed by atoms with Crippen LogP contribution < -0.4 is 4.74 Å². The molecule has 0 aliphatic carbocycles. The maximum Gasteiger partial charge on any atom is 0.222 e. The van der Waals surface area contributed by atoms with E-state index in [4.69, 9.17) is 4.74 Å². The highest BCUT2D eigenvalue weighted by molar-refractivity contribution is 7.92. The zero-order valence-corrected chi connectivity index (χ0v) is 17.9. The Labute approximate surface area is 171 Å². The van der Waals surface area contributed by atoms with E-state index in [-0.39, 0.29) is 35.2 Å². The molecule has 0 spiro atoms. The number of sulfone groups is 2. The summed E-state index contributed by atoms with van der Waals surface area (Å²) in [6.45, 7) is 0.362. The van der Waals surface area contributed by atoms with Crippen molar-refractivity contribution in [2.75, 3.05) is 26.5 Å². The number of ether oxygens (including phenoxy) is 1. The van der Waals surface area contributed by atoms with Crippen LogP contribution in [0.5, 0.6) is 5.75 Å². The van der Waals surface area contributed by atoms with Crippen molar-refractivity contribution < 1.29 is 26.4 Å². The molecule has 0 radical (unpaired) electrons. The molecule has 1 aliphatic rings. The molecule has 0 saturated carbocycles. The third kappa shape index (κ3) is 4.79. The summed E-state index contributed by atoms with van der Waals surface area (Å²) in [5, 5.41) is -0.603. The summed E-state index contributed by atoms with van der Waals surface area (Å²) in [5.74, 6) is 0.470. The minimum Gasteiger partial charge on any atom is -0.497 e. The number of likely N-dealkylation sites (tertiary alicyclic amines) is 1. The van der Waals surface area contributed by atoms with Gasteiger partial charge in [-0.05, 0) is 48.4 Å². The molecule has 29 heavy (non-hydrogen) atoms. The second-order valence-electron chi connectivity index (χ2n) is 7.06. The van der Waals surface area contributed by atoms with Crippen LogP contribution in [0.1, 0.15) is 12.0 Å². The van der Waals surface area contributed by atoms with Crippen LogP contribution >= 0.6 is 0 Å². The molecule has 156 valence electrons. The highest BCUT2D eigenvalue weighted by Crippen LogP contribution is 2.26. The van der Waals surface area contributed by atoms with Gasteiger partial charge in [0.1, 0.15) is 11.0 Å². The first kappa shape index (κ1) is 21.3. The van der Waals surface area contributed by atoms with Crippen LogP contribution in [0.4, 0.5) is 0 Å². The molecule has 0 unspecified atom stereocenters. The maximum absolute atomic E-state index is 12.6. The van der Waals surface area contributed by atoms with E-state index >= 15 is 0 Å². The average Bonchev–Trinajstić information content (AvgIpc) is 2.64. The average molecular weight is 438 g/mol. The molecule has 1 amide bonds. The van der Waals surface area contributed by atoms with E-state index in [2.05, 4.69) is 0 Å². The Morgan fingerprint density at radius 3 is 2.03 bits per heavy atom. The summed E-state index contributed by atoms with van der Waals surface area (Å²) in [5.41, 5.74) is 0.855. The van der Waals surface area contributed by atoms with Crippen LogP contribution in [0.15, 0.2) is 58.3 Å². The lowest BCUT2D eigenvalue weighted by molar-refractivity contribution is -0.134. The van der Waals surface area contributed by atoms with Crippen molar-refractivity contribution in [3.05, 3.63) is 54.1 Å². The number of nitrogens with zero attached hydrogens (tertiary/aromatic N) is 1. The Kier molecular flexibility index (Phi) is 6.00. The quantitative estimate of drug-likeness (QED) is 0.654. The number of aryl methyl sites for hydroxylation is 1. The minimum atomic E-state index is -3.49. The molecule has 0 N–H and O–H groups in total. The number of carbonyl (C=O) groups is 1. The monoisotopic (exact) mass is 437 g/mol. The highest BCUT2D eigenvalue weighted by Gasteiger charge is 2.40. The lowest BCUT2D eigenvalue weighted by Crippen LogP contribution is -2.56.